The van der Waals surface area contributed by atoms with E-state index in [0.717, 1.165) is 57.3 Å². The number of piperazine rings is 1. The normalized spacial score (nSPS) is 20.7. The molecule has 5 heterocycles. The fourth-order valence-electron chi connectivity index (χ4n) is 6.44. The number of ether oxygens (including phenoxy) is 1. The van der Waals surface area contributed by atoms with E-state index in [1.165, 1.54) is 0 Å². The zero-order valence-corrected chi connectivity index (χ0v) is 24.6. The quantitative estimate of drug-likeness (QED) is 0.321. The van der Waals surface area contributed by atoms with Crippen molar-refractivity contribution in [2.75, 3.05) is 50.8 Å². The van der Waals surface area contributed by atoms with E-state index in [4.69, 9.17) is 19.7 Å². The van der Waals surface area contributed by atoms with E-state index in [1.807, 2.05) is 29.2 Å². The number of halogens is 2. The van der Waals surface area contributed by atoms with E-state index in [-0.39, 0.29) is 31.3 Å². The molecular formula is C30H35F2N7O2S. The number of morpholine rings is 1. The highest BCUT2D eigenvalue weighted by molar-refractivity contribution is 7.19. The van der Waals surface area contributed by atoms with Gasteiger partial charge >= 0.3 is 0 Å². The van der Waals surface area contributed by atoms with Crippen LogP contribution in [0.2, 0.25) is 0 Å². The summed E-state index contributed by atoms with van der Waals surface area (Å²) in [5, 5.41) is 0. The van der Waals surface area contributed by atoms with Crippen LogP contribution in [-0.4, -0.2) is 93.1 Å². The van der Waals surface area contributed by atoms with Gasteiger partial charge in [0.2, 0.25) is 17.8 Å². The summed E-state index contributed by atoms with van der Waals surface area (Å²) in [6.45, 7) is 6.96. The summed E-state index contributed by atoms with van der Waals surface area (Å²) < 4.78 is 36.0. The molecule has 0 N–H and O–H groups in total. The lowest BCUT2D eigenvalue weighted by atomic mass is 9.91. The maximum Gasteiger partial charge on any atom is 0.248 e. The Morgan fingerprint density at radius 2 is 1.81 bits per heavy atom. The molecule has 0 radical (unpaired) electrons. The van der Waals surface area contributed by atoms with Gasteiger partial charge in [0.15, 0.2) is 5.82 Å². The number of thiophene rings is 1. The van der Waals surface area contributed by atoms with E-state index >= 15 is 0 Å². The fraction of sp³-hybridized carbons (Fsp3) is 0.533. The molecule has 1 amide bonds. The van der Waals surface area contributed by atoms with Gasteiger partial charge in [0.25, 0.3) is 0 Å². The SMILES string of the molecule is CCc1nc2ccccc2n1-c1nc(N2CCOCC2)c2sc(CN3CCN(C4CCC(F)(F)CC4)CC3=O)cc2n1. The van der Waals surface area contributed by atoms with Gasteiger partial charge in [-0.3, -0.25) is 14.3 Å². The van der Waals surface area contributed by atoms with Crippen LogP contribution >= 0.6 is 11.3 Å². The minimum Gasteiger partial charge on any atom is -0.378 e. The van der Waals surface area contributed by atoms with Gasteiger partial charge in [-0.1, -0.05) is 19.1 Å². The first-order valence-corrected chi connectivity index (χ1v) is 15.7. The molecule has 1 aliphatic carbocycles. The van der Waals surface area contributed by atoms with Gasteiger partial charge in [-0.15, -0.1) is 11.3 Å². The van der Waals surface area contributed by atoms with Gasteiger partial charge in [0.1, 0.15) is 5.82 Å². The first-order chi connectivity index (χ1) is 20.4. The average molecular weight is 596 g/mol. The second-order valence-corrected chi connectivity index (χ2v) is 12.6. The lowest BCUT2D eigenvalue weighted by Crippen LogP contribution is -2.54. The third kappa shape index (κ3) is 5.24. The Morgan fingerprint density at radius 1 is 1.02 bits per heavy atom. The predicted molar refractivity (Wildman–Crippen MR) is 159 cm³/mol. The minimum absolute atomic E-state index is 0.0497. The van der Waals surface area contributed by atoms with Crippen molar-refractivity contribution in [1.29, 1.82) is 0 Å². The highest BCUT2D eigenvalue weighted by Crippen LogP contribution is 2.37. The molecule has 3 aliphatic rings. The number of imidazole rings is 1. The summed E-state index contributed by atoms with van der Waals surface area (Å²) in [5.41, 5.74) is 2.74. The summed E-state index contributed by atoms with van der Waals surface area (Å²) >= 11 is 1.64. The van der Waals surface area contributed by atoms with Crippen molar-refractivity contribution in [3.05, 3.63) is 41.0 Å². The largest absolute Gasteiger partial charge is 0.378 e. The Hall–Kier alpha value is -3.22. The van der Waals surface area contributed by atoms with Crippen LogP contribution in [0.1, 0.15) is 43.3 Å². The minimum atomic E-state index is -2.56. The molecule has 9 nitrogen and oxygen atoms in total. The molecule has 12 heteroatoms. The van der Waals surface area contributed by atoms with E-state index in [9.17, 15) is 13.6 Å². The number of hydrogen-bond donors (Lipinski definition) is 0. The standard InChI is InChI=1S/C30H35F2N7O2S/c1-2-25-33-22-5-3-4-6-24(22)39(25)29-34-23-17-21(42-27(23)28(35-29)36-13-15-41-16-14-36)18-38-12-11-37(19-26(38)40)20-7-9-30(31,32)10-8-20/h3-6,17,20H,2,7-16,18-19H2,1H3. The summed E-state index contributed by atoms with van der Waals surface area (Å²) in [6, 6.07) is 10.2. The number of aryl methyl sites for hydroxylation is 1. The Kier molecular flexibility index (Phi) is 7.31. The number of aromatic nitrogens is 4. The lowest BCUT2D eigenvalue weighted by Gasteiger charge is -2.41. The van der Waals surface area contributed by atoms with E-state index in [1.54, 1.807) is 11.3 Å². The molecule has 1 saturated carbocycles. The van der Waals surface area contributed by atoms with Crippen LogP contribution in [0.3, 0.4) is 0 Å². The van der Waals surface area contributed by atoms with Gasteiger partial charge in [0.05, 0.1) is 47.6 Å². The second-order valence-electron chi connectivity index (χ2n) is 11.5. The molecule has 0 bridgehead atoms. The second kappa shape index (κ2) is 11.1. The summed E-state index contributed by atoms with van der Waals surface area (Å²) in [4.78, 5) is 35.5. The number of para-hydroxylation sites is 2. The van der Waals surface area contributed by atoms with Crippen molar-refractivity contribution in [2.45, 2.75) is 57.5 Å². The molecular weight excluding hydrogens is 560 g/mol. The number of alkyl halides is 2. The topological polar surface area (TPSA) is 79.6 Å². The summed E-state index contributed by atoms with van der Waals surface area (Å²) in [7, 11) is 0. The van der Waals surface area contributed by atoms with Crippen LogP contribution in [0.15, 0.2) is 30.3 Å². The molecule has 0 atom stereocenters. The monoisotopic (exact) mass is 595 g/mol. The maximum atomic E-state index is 13.7. The Balaban J connectivity index is 1.18. The number of benzene rings is 1. The third-order valence-corrected chi connectivity index (χ3v) is 9.85. The Morgan fingerprint density at radius 3 is 2.57 bits per heavy atom. The van der Waals surface area contributed by atoms with Gasteiger partial charge in [-0.25, -0.2) is 18.7 Å². The van der Waals surface area contributed by atoms with E-state index in [2.05, 4.69) is 27.4 Å². The first kappa shape index (κ1) is 27.6. The zero-order chi connectivity index (χ0) is 28.8. The Labute approximate surface area is 247 Å². The fourth-order valence-corrected chi connectivity index (χ4v) is 7.57. The molecule has 3 fully saturated rings. The molecule has 7 rings (SSSR count). The summed E-state index contributed by atoms with van der Waals surface area (Å²) in [6.07, 6.45) is 1.48. The first-order valence-electron chi connectivity index (χ1n) is 14.9. The van der Waals surface area contributed by atoms with Gasteiger partial charge in [0, 0.05) is 56.4 Å². The average Bonchev–Trinajstić information content (AvgIpc) is 3.59. The van der Waals surface area contributed by atoms with Crippen molar-refractivity contribution < 1.29 is 18.3 Å². The number of amides is 1. The maximum absolute atomic E-state index is 13.7. The van der Waals surface area contributed by atoms with Crippen molar-refractivity contribution in [3.63, 3.8) is 0 Å². The number of carbonyl (C=O) groups is 1. The number of hydrogen-bond acceptors (Lipinski definition) is 8. The van der Waals surface area contributed by atoms with Gasteiger partial charge < -0.3 is 14.5 Å². The molecule has 3 aromatic heterocycles. The van der Waals surface area contributed by atoms with Crippen LogP contribution in [0.5, 0.6) is 0 Å². The number of fused-ring (bicyclic) bond motifs is 2. The highest BCUT2D eigenvalue weighted by atomic mass is 32.1. The smallest absolute Gasteiger partial charge is 0.248 e. The number of anilines is 1. The Bertz CT molecular complexity index is 1610. The van der Waals surface area contributed by atoms with E-state index < -0.39 is 5.92 Å². The molecule has 42 heavy (non-hydrogen) atoms. The molecule has 0 unspecified atom stereocenters. The van der Waals surface area contributed by atoms with Crippen molar-refractivity contribution in [3.8, 4) is 5.95 Å². The van der Waals surface area contributed by atoms with Crippen molar-refractivity contribution >= 4 is 44.3 Å². The van der Waals surface area contributed by atoms with Crippen LogP contribution in [0, 0.1) is 0 Å². The molecule has 2 saturated heterocycles. The summed E-state index contributed by atoms with van der Waals surface area (Å²) in [5.74, 6) is -0.117. The van der Waals surface area contributed by atoms with Crippen molar-refractivity contribution in [2.24, 2.45) is 0 Å². The van der Waals surface area contributed by atoms with E-state index in [0.29, 0.717) is 51.6 Å². The van der Waals surface area contributed by atoms with Crippen LogP contribution in [0.4, 0.5) is 14.6 Å². The molecule has 2 aliphatic heterocycles. The van der Waals surface area contributed by atoms with Crippen LogP contribution in [0.25, 0.3) is 27.2 Å². The lowest BCUT2D eigenvalue weighted by molar-refractivity contribution is -0.139. The van der Waals surface area contributed by atoms with Crippen molar-refractivity contribution in [1.82, 2.24) is 29.3 Å². The van der Waals surface area contributed by atoms with Gasteiger partial charge in [-0.2, -0.15) is 4.98 Å². The highest BCUT2D eigenvalue weighted by Gasteiger charge is 2.38. The molecule has 1 aromatic carbocycles. The molecule has 4 aromatic rings. The molecule has 0 spiro atoms. The number of nitrogens with zero attached hydrogens (tertiary/aromatic N) is 7. The van der Waals surface area contributed by atoms with Crippen LogP contribution < -0.4 is 4.90 Å². The predicted octanol–water partition coefficient (Wildman–Crippen LogP) is 4.65. The number of rotatable bonds is 6. The van der Waals surface area contributed by atoms with Crippen LogP contribution in [-0.2, 0) is 22.5 Å². The van der Waals surface area contributed by atoms with Gasteiger partial charge in [-0.05, 0) is 31.0 Å². The third-order valence-electron chi connectivity index (χ3n) is 8.75. The number of carbonyl (C=O) groups excluding carboxylic acids is 1. The molecule has 222 valence electrons. The zero-order valence-electron chi connectivity index (χ0n) is 23.8.